The molecule has 1 aromatic rings. The lowest BCUT2D eigenvalue weighted by atomic mass is 9.80. The van der Waals surface area contributed by atoms with Gasteiger partial charge in [0.25, 0.3) is 0 Å². The van der Waals surface area contributed by atoms with Crippen molar-refractivity contribution < 1.29 is 22.7 Å². The molecule has 0 aromatic heterocycles. The summed E-state index contributed by atoms with van der Waals surface area (Å²) < 4.78 is 35.5. The average molecular weight is 453 g/mol. The molecule has 0 spiro atoms. The van der Waals surface area contributed by atoms with E-state index in [0.29, 0.717) is 25.4 Å². The second-order valence-electron chi connectivity index (χ2n) is 9.62. The van der Waals surface area contributed by atoms with Crippen LogP contribution in [0.15, 0.2) is 24.3 Å². The number of carbonyl (C=O) groups excluding carboxylic acids is 1. The lowest BCUT2D eigenvalue weighted by molar-refractivity contribution is -0.124. The van der Waals surface area contributed by atoms with E-state index >= 15 is 0 Å². The van der Waals surface area contributed by atoms with Gasteiger partial charge in [0.2, 0.25) is 0 Å². The maximum atomic E-state index is 12.6. The first-order valence-electron chi connectivity index (χ1n) is 11.7. The first-order valence-corrected chi connectivity index (χ1v) is 13.4. The normalized spacial score (nSPS) is 19.7. The predicted octanol–water partition coefficient (Wildman–Crippen LogP) is 5.61. The highest BCUT2D eigenvalue weighted by Gasteiger charge is 2.34. The smallest absolute Gasteiger partial charge is 0.161 e. The standard InChI is InChI=1S/C25H40O5S/c1-5-29-23-12-8-9-13-24(23)30-18-10-6-7-11-22(26)21-16-14-20(15-17-21)19-31(27,28)25(2,3)4/h8-9,12-13,20-21H,5-7,10-11,14-19H2,1-4H3. The Morgan fingerprint density at radius 3 is 2.16 bits per heavy atom. The van der Waals surface area contributed by atoms with Crippen molar-refractivity contribution in [2.75, 3.05) is 19.0 Å². The molecule has 0 bridgehead atoms. The highest BCUT2D eigenvalue weighted by atomic mass is 32.2. The summed E-state index contributed by atoms with van der Waals surface area (Å²) in [5, 5.41) is 0. The van der Waals surface area contributed by atoms with E-state index in [0.717, 1.165) is 56.4 Å². The number of benzene rings is 1. The van der Waals surface area contributed by atoms with E-state index in [9.17, 15) is 13.2 Å². The fraction of sp³-hybridized carbons (Fsp3) is 0.720. The lowest BCUT2D eigenvalue weighted by Crippen LogP contribution is -2.35. The molecular weight excluding hydrogens is 412 g/mol. The van der Waals surface area contributed by atoms with Gasteiger partial charge in [-0.2, -0.15) is 0 Å². The number of rotatable bonds is 12. The van der Waals surface area contributed by atoms with Gasteiger partial charge in [0.1, 0.15) is 5.78 Å². The molecule has 1 saturated carbocycles. The topological polar surface area (TPSA) is 69.7 Å². The summed E-state index contributed by atoms with van der Waals surface area (Å²) in [7, 11) is -3.09. The molecule has 0 amide bonds. The summed E-state index contributed by atoms with van der Waals surface area (Å²) in [5.74, 6) is 2.45. The van der Waals surface area contributed by atoms with Crippen molar-refractivity contribution in [3.8, 4) is 11.5 Å². The van der Waals surface area contributed by atoms with Crippen LogP contribution in [-0.4, -0.2) is 37.9 Å². The summed E-state index contributed by atoms with van der Waals surface area (Å²) in [6.07, 6.45) is 6.73. The number of carbonyl (C=O) groups is 1. The van der Waals surface area contributed by atoms with Crippen molar-refractivity contribution in [1.82, 2.24) is 0 Å². The molecule has 2 rings (SSSR count). The highest BCUT2D eigenvalue weighted by Crippen LogP contribution is 2.33. The fourth-order valence-corrected chi connectivity index (χ4v) is 5.47. The lowest BCUT2D eigenvalue weighted by Gasteiger charge is -2.30. The first kappa shape index (κ1) is 25.7. The molecule has 1 aliphatic rings. The minimum absolute atomic E-state index is 0.114. The second kappa shape index (κ2) is 11.9. The molecule has 1 aliphatic carbocycles. The molecule has 0 unspecified atom stereocenters. The Balaban J connectivity index is 1.62. The number of ether oxygens (including phenoxy) is 2. The maximum Gasteiger partial charge on any atom is 0.161 e. The molecule has 0 heterocycles. The predicted molar refractivity (Wildman–Crippen MR) is 126 cm³/mol. The molecule has 31 heavy (non-hydrogen) atoms. The van der Waals surface area contributed by atoms with E-state index in [2.05, 4.69) is 0 Å². The summed E-state index contributed by atoms with van der Waals surface area (Å²) >= 11 is 0. The third-order valence-corrected chi connectivity index (χ3v) is 8.94. The SMILES string of the molecule is CCOc1ccccc1OCCCCCC(=O)C1CCC(CS(=O)(=O)C(C)(C)C)CC1. The average Bonchev–Trinajstić information content (AvgIpc) is 2.71. The molecule has 1 fully saturated rings. The number of para-hydroxylation sites is 2. The van der Waals surface area contributed by atoms with E-state index in [1.54, 1.807) is 20.8 Å². The van der Waals surface area contributed by atoms with Crippen LogP contribution < -0.4 is 9.47 Å². The Morgan fingerprint density at radius 2 is 1.58 bits per heavy atom. The number of ketones is 1. The van der Waals surface area contributed by atoms with E-state index < -0.39 is 14.6 Å². The zero-order valence-electron chi connectivity index (χ0n) is 19.7. The fourth-order valence-electron chi connectivity index (χ4n) is 4.02. The van der Waals surface area contributed by atoms with Crippen molar-refractivity contribution >= 4 is 15.6 Å². The number of Topliss-reactive ketones (excluding diaryl/α,β-unsaturated/α-hetero) is 1. The number of hydrogen-bond acceptors (Lipinski definition) is 5. The van der Waals surface area contributed by atoms with Crippen LogP contribution in [0.3, 0.4) is 0 Å². The van der Waals surface area contributed by atoms with Gasteiger partial charge in [-0.1, -0.05) is 12.1 Å². The van der Waals surface area contributed by atoms with Crippen LogP contribution >= 0.6 is 0 Å². The first-order chi connectivity index (χ1) is 14.6. The summed E-state index contributed by atoms with van der Waals surface area (Å²) in [6.45, 7) is 8.47. The zero-order chi connectivity index (χ0) is 22.9. The Labute approximate surface area is 188 Å². The quantitative estimate of drug-likeness (QED) is 0.385. The monoisotopic (exact) mass is 452 g/mol. The van der Waals surface area contributed by atoms with Crippen LogP contribution in [-0.2, 0) is 14.6 Å². The van der Waals surface area contributed by atoms with Crippen molar-refractivity contribution in [1.29, 1.82) is 0 Å². The van der Waals surface area contributed by atoms with Crippen LogP contribution in [0.25, 0.3) is 0 Å². The molecule has 0 saturated heterocycles. The van der Waals surface area contributed by atoms with Crippen LogP contribution in [0.4, 0.5) is 0 Å². The molecule has 0 N–H and O–H groups in total. The highest BCUT2D eigenvalue weighted by molar-refractivity contribution is 7.92. The summed E-state index contributed by atoms with van der Waals surface area (Å²) in [4.78, 5) is 12.6. The number of unbranched alkanes of at least 4 members (excludes halogenated alkanes) is 2. The Bertz CT molecular complexity index is 786. The molecular formula is C25H40O5S. The van der Waals surface area contributed by atoms with Gasteiger partial charge in [0, 0.05) is 12.3 Å². The minimum atomic E-state index is -3.09. The van der Waals surface area contributed by atoms with Crippen LogP contribution in [0.5, 0.6) is 11.5 Å². The Morgan fingerprint density at radius 1 is 0.968 bits per heavy atom. The van der Waals surface area contributed by atoms with Gasteiger partial charge in [0.05, 0.1) is 23.7 Å². The molecule has 0 radical (unpaired) electrons. The minimum Gasteiger partial charge on any atom is -0.490 e. The van der Waals surface area contributed by atoms with Gasteiger partial charge in [-0.05, 0) is 90.7 Å². The van der Waals surface area contributed by atoms with Crippen molar-refractivity contribution in [2.24, 2.45) is 11.8 Å². The molecule has 5 nitrogen and oxygen atoms in total. The van der Waals surface area contributed by atoms with Crippen molar-refractivity contribution in [2.45, 2.75) is 83.8 Å². The molecule has 0 aliphatic heterocycles. The second-order valence-corrected chi connectivity index (χ2v) is 12.4. The third kappa shape index (κ3) is 8.13. The van der Waals surface area contributed by atoms with E-state index in [1.807, 2.05) is 31.2 Å². The van der Waals surface area contributed by atoms with Gasteiger partial charge in [-0.3, -0.25) is 4.79 Å². The Hall–Kier alpha value is -1.56. The van der Waals surface area contributed by atoms with Gasteiger partial charge >= 0.3 is 0 Å². The molecule has 6 heteroatoms. The van der Waals surface area contributed by atoms with Crippen LogP contribution in [0.1, 0.15) is 79.1 Å². The molecule has 1 aromatic carbocycles. The summed E-state index contributed by atoms with van der Waals surface area (Å²) in [6, 6.07) is 7.69. The number of sulfone groups is 1. The van der Waals surface area contributed by atoms with E-state index in [1.165, 1.54) is 0 Å². The number of hydrogen-bond donors (Lipinski definition) is 0. The summed E-state index contributed by atoms with van der Waals surface area (Å²) in [5.41, 5.74) is 0. The van der Waals surface area contributed by atoms with E-state index in [4.69, 9.17) is 9.47 Å². The van der Waals surface area contributed by atoms with Crippen LogP contribution in [0, 0.1) is 11.8 Å². The maximum absolute atomic E-state index is 12.6. The van der Waals surface area contributed by atoms with Gasteiger partial charge in [0.15, 0.2) is 21.3 Å². The zero-order valence-corrected chi connectivity index (χ0v) is 20.5. The van der Waals surface area contributed by atoms with E-state index in [-0.39, 0.29) is 17.6 Å². The van der Waals surface area contributed by atoms with Gasteiger partial charge in [-0.15, -0.1) is 0 Å². The van der Waals surface area contributed by atoms with Gasteiger partial charge < -0.3 is 9.47 Å². The Kier molecular flexibility index (Phi) is 9.86. The molecule has 0 atom stereocenters. The molecule has 176 valence electrons. The van der Waals surface area contributed by atoms with Gasteiger partial charge in [-0.25, -0.2) is 8.42 Å². The largest absolute Gasteiger partial charge is 0.490 e. The van der Waals surface area contributed by atoms with Crippen molar-refractivity contribution in [3.63, 3.8) is 0 Å². The third-order valence-electron chi connectivity index (χ3n) is 6.16. The van der Waals surface area contributed by atoms with Crippen molar-refractivity contribution in [3.05, 3.63) is 24.3 Å². The van der Waals surface area contributed by atoms with Crippen LogP contribution in [0.2, 0.25) is 0 Å².